The highest BCUT2D eigenvalue weighted by Crippen LogP contribution is 2.26. The molecular weight excluding hydrogens is 332 g/mol. The Morgan fingerprint density at radius 2 is 2.00 bits per heavy atom. The van der Waals surface area contributed by atoms with E-state index >= 15 is 0 Å². The number of para-hydroxylation sites is 2. The van der Waals surface area contributed by atoms with E-state index in [-0.39, 0.29) is 30.5 Å². The predicted octanol–water partition coefficient (Wildman–Crippen LogP) is 3.41. The second-order valence-electron chi connectivity index (χ2n) is 6.07. The summed E-state index contributed by atoms with van der Waals surface area (Å²) in [5.41, 5.74) is -0.0701. The molecule has 0 bridgehead atoms. The molecule has 0 amide bonds. The number of aliphatic hydroxyl groups excluding tert-OH is 1. The van der Waals surface area contributed by atoms with Gasteiger partial charge in [-0.15, -0.1) is 12.4 Å². The molecule has 1 aromatic rings. The second kappa shape index (κ2) is 10.5. The number of likely N-dealkylation sites (N-methyl/N-ethyl adjacent to an activating group) is 1. The molecule has 2 rings (SSSR count). The monoisotopic (exact) mass is 358 g/mol. The van der Waals surface area contributed by atoms with Crippen LogP contribution in [0.2, 0.25) is 0 Å². The second-order valence-corrected chi connectivity index (χ2v) is 6.07. The molecule has 1 aliphatic rings. The first-order valence-electron chi connectivity index (χ1n) is 8.40. The van der Waals surface area contributed by atoms with Crippen LogP contribution >= 0.6 is 12.4 Å². The lowest BCUT2D eigenvalue weighted by Crippen LogP contribution is -2.43. The minimum absolute atomic E-state index is 0. The van der Waals surface area contributed by atoms with E-state index in [1.807, 2.05) is 0 Å². The third kappa shape index (κ3) is 5.92. The summed E-state index contributed by atoms with van der Waals surface area (Å²) in [5, 5.41) is 21.2. The molecule has 0 spiro atoms. The van der Waals surface area contributed by atoms with Gasteiger partial charge >= 0.3 is 5.69 Å². The van der Waals surface area contributed by atoms with Gasteiger partial charge in [0.2, 0.25) is 0 Å². The summed E-state index contributed by atoms with van der Waals surface area (Å²) in [4.78, 5) is 12.8. The number of nitrogens with zero attached hydrogens (tertiary/aromatic N) is 2. The molecule has 1 N–H and O–H groups in total. The normalized spacial score (nSPS) is 16.5. The van der Waals surface area contributed by atoms with E-state index in [0.717, 1.165) is 6.54 Å². The molecule has 1 unspecified atom stereocenters. The van der Waals surface area contributed by atoms with Gasteiger partial charge in [-0.1, -0.05) is 38.3 Å². The van der Waals surface area contributed by atoms with Crippen molar-refractivity contribution in [3.63, 3.8) is 0 Å². The molecule has 0 heterocycles. The highest BCUT2D eigenvalue weighted by molar-refractivity contribution is 5.85. The van der Waals surface area contributed by atoms with Gasteiger partial charge in [0.15, 0.2) is 5.75 Å². The van der Waals surface area contributed by atoms with Gasteiger partial charge in [0, 0.05) is 18.7 Å². The molecule has 0 radical (unpaired) electrons. The Bertz CT molecular complexity index is 509. The SMILES string of the molecule is CCN(CC(O)COc1ccccc1[N+](=O)[O-])C1CCCCC1.Cl. The van der Waals surface area contributed by atoms with Crippen LogP contribution in [0.1, 0.15) is 39.0 Å². The van der Waals surface area contributed by atoms with Crippen LogP contribution in [0.25, 0.3) is 0 Å². The molecule has 7 heteroatoms. The summed E-state index contributed by atoms with van der Waals surface area (Å²) < 4.78 is 5.47. The maximum atomic E-state index is 11.0. The first-order valence-corrected chi connectivity index (χ1v) is 8.40. The van der Waals surface area contributed by atoms with Gasteiger partial charge in [-0.25, -0.2) is 0 Å². The van der Waals surface area contributed by atoms with Gasteiger partial charge in [-0.2, -0.15) is 0 Å². The Labute approximate surface area is 149 Å². The maximum absolute atomic E-state index is 11.0. The minimum Gasteiger partial charge on any atom is -0.484 e. The fourth-order valence-electron chi connectivity index (χ4n) is 3.22. The van der Waals surface area contributed by atoms with Gasteiger partial charge in [0.05, 0.1) is 4.92 Å². The summed E-state index contributed by atoms with van der Waals surface area (Å²) in [6, 6.07) is 6.79. The van der Waals surface area contributed by atoms with E-state index in [4.69, 9.17) is 4.74 Å². The Balaban J connectivity index is 0.00000288. The molecule has 0 aromatic heterocycles. The maximum Gasteiger partial charge on any atom is 0.310 e. The van der Waals surface area contributed by atoms with Gasteiger partial charge in [0.25, 0.3) is 0 Å². The number of aliphatic hydroxyl groups is 1. The molecule has 1 fully saturated rings. The van der Waals surface area contributed by atoms with Crippen LogP contribution in [-0.4, -0.2) is 46.8 Å². The smallest absolute Gasteiger partial charge is 0.310 e. The zero-order chi connectivity index (χ0) is 16.7. The fraction of sp³-hybridized carbons (Fsp3) is 0.647. The number of nitro benzene ring substituents is 1. The topological polar surface area (TPSA) is 75.8 Å². The third-order valence-electron chi connectivity index (χ3n) is 4.44. The lowest BCUT2D eigenvalue weighted by atomic mass is 9.94. The van der Waals surface area contributed by atoms with Crippen LogP contribution in [-0.2, 0) is 0 Å². The third-order valence-corrected chi connectivity index (χ3v) is 4.44. The lowest BCUT2D eigenvalue weighted by molar-refractivity contribution is -0.385. The number of ether oxygens (including phenoxy) is 1. The Morgan fingerprint density at radius 1 is 1.33 bits per heavy atom. The van der Waals surface area contributed by atoms with Crippen LogP contribution in [0.15, 0.2) is 24.3 Å². The van der Waals surface area contributed by atoms with Crippen LogP contribution in [0, 0.1) is 10.1 Å². The van der Waals surface area contributed by atoms with E-state index in [2.05, 4.69) is 11.8 Å². The molecule has 0 saturated heterocycles. The first kappa shape index (κ1) is 20.7. The minimum atomic E-state index is -0.656. The van der Waals surface area contributed by atoms with Crippen LogP contribution in [0.4, 0.5) is 5.69 Å². The molecule has 0 aliphatic heterocycles. The number of nitro groups is 1. The summed E-state index contributed by atoms with van der Waals surface area (Å²) in [6.07, 6.45) is 5.53. The highest BCUT2D eigenvalue weighted by atomic mass is 35.5. The van der Waals surface area contributed by atoms with E-state index < -0.39 is 11.0 Å². The van der Waals surface area contributed by atoms with Gasteiger partial charge in [0.1, 0.15) is 12.7 Å². The fourth-order valence-corrected chi connectivity index (χ4v) is 3.22. The zero-order valence-corrected chi connectivity index (χ0v) is 14.9. The van der Waals surface area contributed by atoms with Crippen molar-refractivity contribution in [3.8, 4) is 5.75 Å². The number of hydrogen-bond donors (Lipinski definition) is 1. The molecule has 1 aliphatic carbocycles. The average molecular weight is 359 g/mol. The highest BCUT2D eigenvalue weighted by Gasteiger charge is 2.22. The number of halogens is 1. The van der Waals surface area contributed by atoms with Crippen molar-refractivity contribution in [2.24, 2.45) is 0 Å². The Morgan fingerprint density at radius 3 is 2.62 bits per heavy atom. The summed E-state index contributed by atoms with van der Waals surface area (Å²) in [5.74, 6) is 0.206. The Kier molecular flexibility index (Phi) is 9.03. The van der Waals surface area contributed by atoms with E-state index in [9.17, 15) is 15.2 Å². The molecule has 1 atom stereocenters. The number of hydrogen-bond acceptors (Lipinski definition) is 5. The van der Waals surface area contributed by atoms with Crippen molar-refractivity contribution in [2.45, 2.75) is 51.2 Å². The van der Waals surface area contributed by atoms with Gasteiger partial charge < -0.3 is 9.84 Å². The van der Waals surface area contributed by atoms with E-state index in [1.54, 1.807) is 18.2 Å². The molecule has 24 heavy (non-hydrogen) atoms. The van der Waals surface area contributed by atoms with Crippen molar-refractivity contribution < 1.29 is 14.8 Å². The molecule has 136 valence electrons. The number of benzene rings is 1. The largest absolute Gasteiger partial charge is 0.484 e. The molecule has 1 aromatic carbocycles. The van der Waals surface area contributed by atoms with Crippen LogP contribution < -0.4 is 4.74 Å². The van der Waals surface area contributed by atoms with Crippen molar-refractivity contribution >= 4 is 18.1 Å². The van der Waals surface area contributed by atoms with Gasteiger partial charge in [-0.3, -0.25) is 15.0 Å². The summed E-state index contributed by atoms with van der Waals surface area (Å²) >= 11 is 0. The standard InChI is InChI=1S/C17H26N2O4.ClH/c1-2-18(14-8-4-3-5-9-14)12-15(20)13-23-17-11-7-6-10-16(17)19(21)22;/h6-7,10-11,14-15,20H,2-5,8-9,12-13H2,1H3;1H. The predicted molar refractivity (Wildman–Crippen MR) is 96.0 cm³/mol. The van der Waals surface area contributed by atoms with Crippen molar-refractivity contribution in [2.75, 3.05) is 19.7 Å². The van der Waals surface area contributed by atoms with E-state index in [0.29, 0.717) is 12.6 Å². The summed E-state index contributed by atoms with van der Waals surface area (Å²) in [7, 11) is 0. The van der Waals surface area contributed by atoms with Crippen LogP contribution in [0.3, 0.4) is 0 Å². The zero-order valence-electron chi connectivity index (χ0n) is 14.1. The van der Waals surface area contributed by atoms with Crippen molar-refractivity contribution in [3.05, 3.63) is 34.4 Å². The van der Waals surface area contributed by atoms with Crippen molar-refractivity contribution in [1.82, 2.24) is 4.90 Å². The van der Waals surface area contributed by atoms with Crippen molar-refractivity contribution in [1.29, 1.82) is 0 Å². The lowest BCUT2D eigenvalue weighted by Gasteiger charge is -2.34. The average Bonchev–Trinajstić information content (AvgIpc) is 2.58. The Hall–Kier alpha value is -1.37. The summed E-state index contributed by atoms with van der Waals surface area (Å²) in [6.45, 7) is 3.60. The molecule has 1 saturated carbocycles. The van der Waals surface area contributed by atoms with Crippen LogP contribution in [0.5, 0.6) is 5.75 Å². The van der Waals surface area contributed by atoms with Gasteiger partial charge in [-0.05, 0) is 25.5 Å². The quantitative estimate of drug-likeness (QED) is 0.569. The first-order chi connectivity index (χ1) is 11.1. The number of rotatable bonds is 8. The molecular formula is C17H27ClN2O4. The van der Waals surface area contributed by atoms with E-state index in [1.165, 1.54) is 38.2 Å². The molecule has 6 nitrogen and oxygen atoms in total.